The number of fused-ring (bicyclic) bond motifs is 1. The summed E-state index contributed by atoms with van der Waals surface area (Å²) >= 11 is 0. The topological polar surface area (TPSA) is 144 Å². The molecule has 0 saturated carbocycles. The Kier molecular flexibility index (Phi) is 10.1. The number of nitrogens with one attached hydrogen (secondary N) is 1. The average Bonchev–Trinajstić information content (AvgIpc) is 3.34. The molecule has 4 rings (SSSR count). The first kappa shape index (κ1) is 33.6. The van der Waals surface area contributed by atoms with E-state index in [0.717, 1.165) is 17.7 Å². The van der Waals surface area contributed by atoms with Crippen molar-refractivity contribution in [3.05, 3.63) is 86.5 Å². The minimum absolute atomic E-state index is 0.0105. The highest BCUT2D eigenvalue weighted by Crippen LogP contribution is 2.43. The summed E-state index contributed by atoms with van der Waals surface area (Å²) in [5.74, 6) is -1.74. The Morgan fingerprint density at radius 1 is 1.18 bits per heavy atom. The summed E-state index contributed by atoms with van der Waals surface area (Å²) in [6, 6.07) is 10.7. The second-order valence-electron chi connectivity index (χ2n) is 11.0. The van der Waals surface area contributed by atoms with Gasteiger partial charge in [-0.15, -0.1) is 5.10 Å². The lowest BCUT2D eigenvalue weighted by Gasteiger charge is -2.36. The van der Waals surface area contributed by atoms with Gasteiger partial charge in [0.15, 0.2) is 0 Å². The number of esters is 1. The molecule has 0 amide bonds. The minimum atomic E-state index is -4.61. The molecule has 0 aliphatic carbocycles. The normalized spacial score (nSPS) is 14.7. The molecule has 0 fully saturated rings. The first-order valence-electron chi connectivity index (χ1n) is 13.5. The fraction of sp³-hybridized carbons (Fsp3) is 0.367. The van der Waals surface area contributed by atoms with Crippen molar-refractivity contribution in [2.75, 3.05) is 39.7 Å². The fourth-order valence-corrected chi connectivity index (χ4v) is 4.69. The molecule has 234 valence electrons. The lowest BCUT2D eigenvalue weighted by Crippen LogP contribution is -2.39. The van der Waals surface area contributed by atoms with Crippen LogP contribution in [0.25, 0.3) is 0 Å². The van der Waals surface area contributed by atoms with Crippen molar-refractivity contribution in [2.45, 2.75) is 38.9 Å². The molecular formula is C30H33F3N6O5. The number of hydrogen-bond donors (Lipinski definition) is 1. The Morgan fingerprint density at radius 3 is 2.39 bits per heavy atom. The molecule has 1 N–H and O–H groups in total. The number of carbonyl (C=O) groups excluding carboxylic acids is 2. The number of aromatic amines is 1. The highest BCUT2D eigenvalue weighted by Gasteiger charge is 2.41. The average molecular weight is 615 g/mol. The number of anilines is 2. The van der Waals surface area contributed by atoms with E-state index >= 15 is 0 Å². The van der Waals surface area contributed by atoms with Gasteiger partial charge >= 0.3 is 17.8 Å². The number of methoxy groups -OCH3 is 1. The van der Waals surface area contributed by atoms with Crippen LogP contribution in [0.2, 0.25) is 0 Å². The number of alkyl halides is 3. The van der Waals surface area contributed by atoms with E-state index in [4.69, 9.17) is 4.74 Å². The third kappa shape index (κ3) is 7.35. The number of nitrogens with zero attached hydrogens (tertiary/aromatic N) is 5. The summed E-state index contributed by atoms with van der Waals surface area (Å²) in [7, 11) is 7.25. The molecule has 14 heteroatoms. The van der Waals surface area contributed by atoms with Gasteiger partial charge in [0.2, 0.25) is 5.95 Å². The molecular weight excluding hydrogens is 581 g/mol. The largest absolute Gasteiger partial charge is 0.550 e. The monoisotopic (exact) mass is 614 g/mol. The van der Waals surface area contributed by atoms with Crippen molar-refractivity contribution >= 4 is 23.6 Å². The number of allylic oxidation sites excluding steroid dienone is 1. The number of likely N-dealkylation sites (N-methyl/N-ethyl adjacent to an activating group) is 1. The van der Waals surface area contributed by atoms with E-state index in [2.05, 4.69) is 16.3 Å². The van der Waals surface area contributed by atoms with Crippen molar-refractivity contribution in [1.82, 2.24) is 14.8 Å². The van der Waals surface area contributed by atoms with Crippen LogP contribution in [0.15, 0.2) is 58.5 Å². The summed E-state index contributed by atoms with van der Waals surface area (Å²) < 4.78 is 47.6. The van der Waals surface area contributed by atoms with Crippen LogP contribution in [0.3, 0.4) is 0 Å². The van der Waals surface area contributed by atoms with Gasteiger partial charge in [0.25, 0.3) is 0 Å². The Balaban J connectivity index is 0.000000978. The van der Waals surface area contributed by atoms with Gasteiger partial charge in [-0.1, -0.05) is 19.1 Å². The summed E-state index contributed by atoms with van der Waals surface area (Å²) in [6.45, 7) is 3.79. The lowest BCUT2D eigenvalue weighted by atomic mass is 9.89. The quantitative estimate of drug-likeness (QED) is 0.316. The van der Waals surface area contributed by atoms with Crippen LogP contribution in [0.4, 0.5) is 24.8 Å². The highest BCUT2D eigenvalue weighted by atomic mass is 19.4. The molecule has 1 aliphatic heterocycles. The van der Waals surface area contributed by atoms with Gasteiger partial charge in [-0.3, -0.25) is 4.90 Å². The Hall–Kier alpha value is -4.90. The third-order valence-electron chi connectivity index (χ3n) is 6.89. The van der Waals surface area contributed by atoms with E-state index in [1.807, 2.05) is 21.1 Å². The van der Waals surface area contributed by atoms with Crippen molar-refractivity contribution in [1.29, 1.82) is 5.26 Å². The number of carboxylic acid groups (broad SMARTS) is 1. The Labute approximate surface area is 252 Å². The molecule has 0 spiro atoms. The molecule has 1 atom stereocenters. The summed E-state index contributed by atoms with van der Waals surface area (Å²) in [6.07, 6.45) is -3.97. The molecule has 0 saturated heterocycles. The van der Waals surface area contributed by atoms with Crippen molar-refractivity contribution in [3.8, 4) is 6.07 Å². The molecule has 3 aromatic rings. The lowest BCUT2D eigenvalue weighted by molar-refractivity contribution is -0.870. The van der Waals surface area contributed by atoms with Crippen LogP contribution in [-0.2, 0) is 26.9 Å². The number of halogens is 3. The van der Waals surface area contributed by atoms with Gasteiger partial charge < -0.3 is 19.1 Å². The smallest absolute Gasteiger partial charge is 0.416 e. The van der Waals surface area contributed by atoms with E-state index in [-0.39, 0.29) is 29.3 Å². The molecule has 0 unspecified atom stereocenters. The first-order valence-corrected chi connectivity index (χ1v) is 13.5. The van der Waals surface area contributed by atoms with E-state index < -0.39 is 35.4 Å². The maximum atomic E-state index is 13.5. The van der Waals surface area contributed by atoms with E-state index in [1.165, 1.54) is 35.6 Å². The van der Waals surface area contributed by atoms with Crippen LogP contribution in [-0.4, -0.2) is 66.0 Å². The zero-order chi connectivity index (χ0) is 33.0. The zero-order valence-corrected chi connectivity index (χ0v) is 25.2. The minimum Gasteiger partial charge on any atom is -0.550 e. The third-order valence-corrected chi connectivity index (χ3v) is 6.89. The van der Waals surface area contributed by atoms with Crippen LogP contribution in [0, 0.1) is 11.3 Å². The van der Waals surface area contributed by atoms with Crippen molar-refractivity contribution in [3.63, 3.8) is 0 Å². The fourth-order valence-electron chi connectivity index (χ4n) is 4.69. The molecule has 0 bridgehead atoms. The molecule has 1 aromatic heterocycles. The number of carboxylic acids is 1. The van der Waals surface area contributed by atoms with Gasteiger partial charge in [-0.05, 0) is 54.8 Å². The van der Waals surface area contributed by atoms with E-state index in [1.54, 1.807) is 25.1 Å². The second kappa shape index (κ2) is 13.2. The molecule has 2 heterocycles. The number of aromatic nitrogens is 3. The summed E-state index contributed by atoms with van der Waals surface area (Å²) in [5, 5.41) is 25.3. The van der Waals surface area contributed by atoms with Crippen molar-refractivity contribution < 1.29 is 37.1 Å². The van der Waals surface area contributed by atoms with Gasteiger partial charge in [0.1, 0.15) is 6.04 Å². The predicted molar refractivity (Wildman–Crippen MR) is 152 cm³/mol. The van der Waals surface area contributed by atoms with Gasteiger partial charge in [-0.25, -0.2) is 19.3 Å². The van der Waals surface area contributed by atoms with Gasteiger partial charge in [0, 0.05) is 23.8 Å². The second-order valence-corrected chi connectivity index (χ2v) is 11.0. The number of benzene rings is 2. The molecule has 1 aliphatic rings. The molecule has 44 heavy (non-hydrogen) atoms. The zero-order valence-electron chi connectivity index (χ0n) is 25.2. The van der Waals surface area contributed by atoms with Crippen molar-refractivity contribution in [2.24, 2.45) is 0 Å². The first-order chi connectivity index (χ1) is 20.5. The number of quaternary nitrogens is 1. The number of carbonyl (C=O) groups is 2. The Bertz CT molecular complexity index is 1680. The number of rotatable bonds is 7. The van der Waals surface area contributed by atoms with Crippen LogP contribution in [0.1, 0.15) is 48.6 Å². The maximum Gasteiger partial charge on any atom is 0.416 e. The standard InChI is InChI=1S/C27H27F3N6O3.C3H6O2/c1-16-22(24(37)39-5)23(21-10-9-17(15-31)13-18(21)11-12-36(2,3)4)35-25(32-33-26(35)38)34(16)20-8-6-7-19(14-20)27(28,29)30;1-2-3(4)5/h6-10,13-14,23H,11-12H2,1-5H3;2H2,1H3,(H,4,5)/t23-;/m1./s1. The molecule has 2 aromatic carbocycles. The highest BCUT2D eigenvalue weighted by molar-refractivity contribution is 5.93. The predicted octanol–water partition coefficient (Wildman–Crippen LogP) is 3.04. The van der Waals surface area contributed by atoms with E-state index in [9.17, 15) is 37.9 Å². The SMILES string of the molecule is CCC(=O)[O-].COC(=O)C1=C(C)N(c2cccc(C(F)(F)F)c2)c2n[nH]c(=O)n2[C@@H]1c1ccc(C#N)cc1CC[N+](C)(C)C. The summed E-state index contributed by atoms with van der Waals surface area (Å²) in [5.41, 5.74) is 0.547. The van der Waals surface area contributed by atoms with Gasteiger partial charge in [-0.2, -0.15) is 18.4 Å². The molecule has 11 nitrogen and oxygen atoms in total. The Morgan fingerprint density at radius 2 is 1.84 bits per heavy atom. The number of aliphatic carboxylic acids is 1. The van der Waals surface area contributed by atoms with Crippen LogP contribution >= 0.6 is 0 Å². The van der Waals surface area contributed by atoms with Crippen LogP contribution < -0.4 is 15.7 Å². The van der Waals surface area contributed by atoms with Gasteiger partial charge in [0.05, 0.1) is 57.6 Å². The van der Waals surface area contributed by atoms with Crippen LogP contribution in [0.5, 0.6) is 0 Å². The molecule has 0 radical (unpaired) electrons. The van der Waals surface area contributed by atoms with E-state index in [0.29, 0.717) is 28.6 Å². The number of hydrogen-bond acceptors (Lipinski definition) is 8. The number of ether oxygens (including phenoxy) is 1. The summed E-state index contributed by atoms with van der Waals surface area (Å²) in [4.78, 5) is 37.0. The number of nitriles is 1. The maximum absolute atomic E-state index is 13.5. The number of H-pyrrole nitrogens is 1.